The number of aliphatic imine (C=N–C) groups is 1. The second kappa shape index (κ2) is 10.8. The monoisotopic (exact) mass is 475 g/mol. The molecule has 1 aromatic heterocycles. The third-order valence-corrected chi connectivity index (χ3v) is 6.13. The highest BCUT2D eigenvalue weighted by atomic mass is 16.2. The van der Waals surface area contributed by atoms with Crippen LogP contribution in [0, 0.1) is 0 Å². The number of carbonyl (C=O) groups is 2. The molecule has 5 N–H and O–H groups in total. The fourth-order valence-electron chi connectivity index (χ4n) is 4.45. The summed E-state index contributed by atoms with van der Waals surface area (Å²) in [5, 5.41) is 4.65. The summed E-state index contributed by atoms with van der Waals surface area (Å²) in [5.41, 5.74) is 11.2. The number of aromatic nitrogens is 1. The molecule has 2 amide bonds. The van der Waals surface area contributed by atoms with Gasteiger partial charge in [0.05, 0.1) is 17.6 Å². The Balaban J connectivity index is 1.55. The van der Waals surface area contributed by atoms with Crippen LogP contribution in [-0.4, -0.2) is 52.2 Å². The van der Waals surface area contributed by atoms with E-state index in [2.05, 4.69) is 29.1 Å². The summed E-state index contributed by atoms with van der Waals surface area (Å²) in [6, 6.07) is 7.15. The minimum absolute atomic E-state index is 0.0162. The van der Waals surface area contributed by atoms with Crippen molar-refractivity contribution in [3.8, 4) is 0 Å². The molecule has 0 saturated carbocycles. The first kappa shape index (κ1) is 24.6. The van der Waals surface area contributed by atoms with Gasteiger partial charge in [-0.25, -0.2) is 10.0 Å². The maximum Gasteiger partial charge on any atom is 0.255 e. The highest BCUT2D eigenvalue weighted by Crippen LogP contribution is 2.29. The van der Waals surface area contributed by atoms with Crippen LogP contribution in [0.15, 0.2) is 41.0 Å². The van der Waals surface area contributed by atoms with Gasteiger partial charge in [-0.2, -0.15) is 0 Å². The van der Waals surface area contributed by atoms with Crippen molar-refractivity contribution in [1.29, 1.82) is 0 Å². The van der Waals surface area contributed by atoms with Crippen LogP contribution in [0.5, 0.6) is 0 Å². The van der Waals surface area contributed by atoms with Crippen LogP contribution >= 0.6 is 0 Å². The predicted molar refractivity (Wildman–Crippen MR) is 138 cm³/mol. The molecule has 2 aromatic rings. The number of rotatable bonds is 7. The van der Waals surface area contributed by atoms with E-state index in [0.717, 1.165) is 42.6 Å². The van der Waals surface area contributed by atoms with Gasteiger partial charge in [0.15, 0.2) is 0 Å². The van der Waals surface area contributed by atoms with Crippen LogP contribution in [0.25, 0.3) is 6.08 Å². The van der Waals surface area contributed by atoms with Crippen molar-refractivity contribution in [1.82, 2.24) is 14.9 Å². The van der Waals surface area contributed by atoms with Crippen molar-refractivity contribution in [2.75, 3.05) is 25.0 Å². The molecular weight excluding hydrogens is 442 g/mol. The van der Waals surface area contributed by atoms with Crippen molar-refractivity contribution < 1.29 is 9.59 Å². The largest absolute Gasteiger partial charge is 0.387 e. The molecule has 2 aliphatic heterocycles. The van der Waals surface area contributed by atoms with E-state index in [1.807, 2.05) is 17.0 Å². The molecule has 35 heavy (non-hydrogen) atoms. The van der Waals surface area contributed by atoms with E-state index in [0.29, 0.717) is 48.0 Å². The van der Waals surface area contributed by atoms with E-state index in [9.17, 15) is 9.59 Å². The number of pyridine rings is 1. The first-order chi connectivity index (χ1) is 16.9. The van der Waals surface area contributed by atoms with Crippen molar-refractivity contribution in [3.63, 3.8) is 0 Å². The summed E-state index contributed by atoms with van der Waals surface area (Å²) in [6.45, 7) is 6.88. The van der Waals surface area contributed by atoms with E-state index < -0.39 is 0 Å². The van der Waals surface area contributed by atoms with E-state index >= 15 is 0 Å². The van der Waals surface area contributed by atoms with Crippen LogP contribution in [0.4, 0.5) is 11.4 Å². The van der Waals surface area contributed by atoms with Gasteiger partial charge in [-0.1, -0.05) is 19.9 Å². The number of amides is 2. The smallest absolute Gasteiger partial charge is 0.255 e. The second-order valence-corrected chi connectivity index (χ2v) is 9.02. The summed E-state index contributed by atoms with van der Waals surface area (Å²) in [6.07, 6.45) is 6.35. The molecule has 184 valence electrons. The minimum atomic E-state index is -0.273. The molecule has 4 rings (SSSR count). The number of benzene rings is 1. The number of nitrogens with one attached hydrogen (secondary N) is 1. The van der Waals surface area contributed by atoms with Crippen LogP contribution in [0.2, 0.25) is 0 Å². The summed E-state index contributed by atoms with van der Waals surface area (Å²) >= 11 is 0. The molecule has 0 bridgehead atoms. The summed E-state index contributed by atoms with van der Waals surface area (Å²) in [4.78, 5) is 37.0. The Morgan fingerprint density at radius 1 is 1.17 bits per heavy atom. The lowest BCUT2D eigenvalue weighted by atomic mass is 10.0. The molecule has 9 nitrogen and oxygen atoms in total. The molecule has 3 heterocycles. The lowest BCUT2D eigenvalue weighted by molar-refractivity contribution is -0.127. The van der Waals surface area contributed by atoms with E-state index in [1.54, 1.807) is 29.4 Å². The Morgan fingerprint density at radius 2 is 1.94 bits per heavy atom. The number of nitrogens with two attached hydrogens (primary N) is 2. The zero-order valence-electron chi connectivity index (χ0n) is 20.4. The molecule has 0 fully saturated rings. The lowest BCUT2D eigenvalue weighted by Gasteiger charge is -2.24. The quantitative estimate of drug-likeness (QED) is 0.528. The maximum atomic E-state index is 13.2. The van der Waals surface area contributed by atoms with Crippen molar-refractivity contribution in [3.05, 3.63) is 58.4 Å². The predicted octanol–water partition coefficient (Wildman–Crippen LogP) is 2.99. The summed E-state index contributed by atoms with van der Waals surface area (Å²) in [7, 11) is 0. The summed E-state index contributed by atoms with van der Waals surface area (Å²) in [5.74, 6) is 5.98. The zero-order valence-corrected chi connectivity index (χ0v) is 20.4. The average molecular weight is 476 g/mol. The van der Waals surface area contributed by atoms with Crippen molar-refractivity contribution in [2.45, 2.75) is 46.1 Å². The normalized spacial score (nSPS) is 15.3. The first-order valence-corrected chi connectivity index (χ1v) is 12.1. The molecule has 1 aromatic carbocycles. The van der Waals surface area contributed by atoms with E-state index in [1.165, 1.54) is 0 Å². The molecular formula is C26H33N7O2. The van der Waals surface area contributed by atoms with Gasteiger partial charge < -0.3 is 16.0 Å². The standard InChI is InChI=1S/C26H33N7O2/c1-3-8-32(9-4-2)26(35)19-11-17-5-6-18(13-23(17)31-24(27)14-19)25(34)30-21-12-20-16-33(28)10-7-22(20)29-15-21/h5-6,11-13,15H,3-4,7-10,14,16,28H2,1-2H3,(H2,27,31)(H,30,34). The third-order valence-electron chi connectivity index (χ3n) is 6.13. The van der Waals surface area contributed by atoms with Crippen LogP contribution in [0.1, 0.15) is 60.3 Å². The number of hydrogen-bond donors (Lipinski definition) is 3. The van der Waals surface area contributed by atoms with E-state index in [-0.39, 0.29) is 18.2 Å². The Bertz CT molecular complexity index is 1180. The van der Waals surface area contributed by atoms with Gasteiger partial charge in [0.2, 0.25) is 5.91 Å². The van der Waals surface area contributed by atoms with Gasteiger partial charge >= 0.3 is 0 Å². The van der Waals surface area contributed by atoms with Crippen LogP contribution in [0.3, 0.4) is 0 Å². The van der Waals surface area contributed by atoms with Crippen LogP contribution < -0.4 is 16.9 Å². The Morgan fingerprint density at radius 3 is 2.69 bits per heavy atom. The number of carbonyl (C=O) groups excluding carboxylic acids is 2. The highest BCUT2D eigenvalue weighted by Gasteiger charge is 2.22. The fraction of sp³-hybridized carbons (Fsp3) is 0.385. The Labute approximate surface area is 205 Å². The van der Waals surface area contributed by atoms with Gasteiger partial charge in [-0.15, -0.1) is 0 Å². The molecule has 0 spiro atoms. The van der Waals surface area contributed by atoms with Gasteiger partial charge in [0.1, 0.15) is 5.84 Å². The molecule has 9 heteroatoms. The van der Waals surface area contributed by atoms with Crippen molar-refractivity contribution >= 4 is 35.1 Å². The molecule has 0 atom stereocenters. The third kappa shape index (κ3) is 5.75. The second-order valence-electron chi connectivity index (χ2n) is 9.02. The number of hydrogen-bond acceptors (Lipinski definition) is 7. The van der Waals surface area contributed by atoms with Crippen LogP contribution in [-0.2, 0) is 17.8 Å². The number of hydrazine groups is 1. The molecule has 0 radical (unpaired) electrons. The average Bonchev–Trinajstić information content (AvgIpc) is 3.00. The SMILES string of the molecule is CCCN(CCC)C(=O)C1=Cc2ccc(C(=O)Nc3cnc4c(c3)CN(N)CC4)cc2N=C(N)C1. The number of anilines is 1. The highest BCUT2D eigenvalue weighted by molar-refractivity contribution is 6.07. The summed E-state index contributed by atoms with van der Waals surface area (Å²) < 4.78 is 0. The van der Waals surface area contributed by atoms with Crippen molar-refractivity contribution in [2.24, 2.45) is 16.6 Å². The number of amidine groups is 1. The topological polar surface area (TPSA) is 130 Å². The van der Waals surface area contributed by atoms with Gasteiger partial charge in [0.25, 0.3) is 5.91 Å². The zero-order chi connectivity index (χ0) is 24.9. The molecule has 0 saturated heterocycles. The fourth-order valence-corrected chi connectivity index (χ4v) is 4.45. The van der Waals surface area contributed by atoms with E-state index in [4.69, 9.17) is 11.6 Å². The van der Waals surface area contributed by atoms with Gasteiger partial charge in [0, 0.05) is 61.4 Å². The van der Waals surface area contributed by atoms with Gasteiger partial charge in [-0.3, -0.25) is 20.4 Å². The molecule has 2 aliphatic rings. The Kier molecular flexibility index (Phi) is 7.57. The maximum absolute atomic E-state index is 13.2. The van der Waals surface area contributed by atoms with Gasteiger partial charge in [-0.05, 0) is 42.7 Å². The minimum Gasteiger partial charge on any atom is -0.387 e. The number of fused-ring (bicyclic) bond motifs is 2. The number of nitrogens with zero attached hydrogens (tertiary/aromatic N) is 4. The lowest BCUT2D eigenvalue weighted by Crippen LogP contribution is -2.36. The first-order valence-electron chi connectivity index (χ1n) is 12.1. The Hall–Kier alpha value is -3.56. The molecule has 0 aliphatic carbocycles. The molecule has 0 unspecified atom stereocenters.